The second kappa shape index (κ2) is 8.86. The Labute approximate surface area is 195 Å². The predicted octanol–water partition coefficient (Wildman–Crippen LogP) is 2.91. The Bertz CT molecular complexity index is 1210. The summed E-state index contributed by atoms with van der Waals surface area (Å²) in [5.74, 6) is -2.71. The first kappa shape index (κ1) is 22.8. The maximum absolute atomic E-state index is 13.2. The molecule has 1 N–H and O–H groups in total. The zero-order valence-electron chi connectivity index (χ0n) is 18.3. The lowest BCUT2D eigenvalue weighted by Crippen LogP contribution is -2.58. The van der Waals surface area contributed by atoms with E-state index in [-0.39, 0.29) is 22.2 Å². The van der Waals surface area contributed by atoms with Gasteiger partial charge < -0.3 is 14.5 Å². The molecule has 4 rings (SSSR count). The van der Waals surface area contributed by atoms with Crippen LogP contribution < -0.4 is 10.4 Å². The standard InChI is InChI=1S/C24H24ClN3O5/c1-13-10-15(14(2)27(13)17-8-9-20(25)18(12-17)23(31)32)11-19-21(29)26-24(33)28(22(19)30)16-6-4-3-5-7-16/h8-12,16H,3-7H2,1-2H3,(H,31,32)(H,26,29,33)/p-1/b19-11-. The van der Waals surface area contributed by atoms with Crippen molar-refractivity contribution >= 4 is 41.5 Å². The molecule has 0 unspecified atom stereocenters. The van der Waals surface area contributed by atoms with Crippen molar-refractivity contribution in [3.8, 4) is 5.69 Å². The molecule has 33 heavy (non-hydrogen) atoms. The summed E-state index contributed by atoms with van der Waals surface area (Å²) in [5, 5.41) is 13.7. The molecule has 0 spiro atoms. The lowest BCUT2D eigenvalue weighted by Gasteiger charge is -2.35. The average molecular weight is 469 g/mol. The Morgan fingerprint density at radius 2 is 1.82 bits per heavy atom. The lowest BCUT2D eigenvalue weighted by molar-refractivity contribution is -0.255. The highest BCUT2D eigenvalue weighted by Gasteiger charge is 2.40. The van der Waals surface area contributed by atoms with Gasteiger partial charge in [-0.2, -0.15) is 0 Å². The minimum atomic E-state index is -1.39. The molecule has 1 saturated heterocycles. The van der Waals surface area contributed by atoms with E-state index in [1.54, 1.807) is 23.6 Å². The zero-order chi connectivity index (χ0) is 23.9. The van der Waals surface area contributed by atoms with E-state index in [0.717, 1.165) is 37.8 Å². The quantitative estimate of drug-likeness (QED) is 0.547. The van der Waals surface area contributed by atoms with E-state index in [0.29, 0.717) is 16.9 Å². The molecule has 2 heterocycles. The fourth-order valence-electron chi connectivity index (χ4n) is 4.64. The van der Waals surface area contributed by atoms with Crippen molar-refractivity contribution in [2.24, 2.45) is 0 Å². The maximum Gasteiger partial charge on any atom is 0.331 e. The molecular formula is C24H23ClN3O5-. The van der Waals surface area contributed by atoms with Crippen LogP contribution in [0.5, 0.6) is 0 Å². The summed E-state index contributed by atoms with van der Waals surface area (Å²) < 4.78 is 1.80. The third-order valence-electron chi connectivity index (χ3n) is 6.27. The Balaban J connectivity index is 1.73. The van der Waals surface area contributed by atoms with Gasteiger partial charge in [-0.3, -0.25) is 19.8 Å². The number of urea groups is 1. The number of aromatic carboxylic acids is 1. The third kappa shape index (κ3) is 4.18. The van der Waals surface area contributed by atoms with Crippen LogP contribution in [0.2, 0.25) is 5.02 Å². The number of hydrogen-bond donors (Lipinski definition) is 1. The minimum absolute atomic E-state index is 0.0699. The van der Waals surface area contributed by atoms with E-state index in [1.165, 1.54) is 23.1 Å². The number of carboxylic acids is 1. The van der Waals surface area contributed by atoms with E-state index >= 15 is 0 Å². The fraction of sp³-hybridized carbons (Fsp3) is 0.333. The van der Waals surface area contributed by atoms with Gasteiger partial charge in [-0.05, 0) is 62.6 Å². The van der Waals surface area contributed by atoms with Crippen LogP contribution in [0, 0.1) is 13.8 Å². The molecule has 1 aliphatic heterocycles. The topological polar surface area (TPSA) is 112 Å². The molecule has 0 atom stereocenters. The van der Waals surface area contributed by atoms with E-state index in [1.807, 2.05) is 6.92 Å². The number of nitrogens with zero attached hydrogens (tertiary/aromatic N) is 2. The van der Waals surface area contributed by atoms with Gasteiger partial charge in [-0.25, -0.2) is 4.79 Å². The van der Waals surface area contributed by atoms with Gasteiger partial charge in [-0.15, -0.1) is 0 Å². The Morgan fingerprint density at radius 1 is 1.12 bits per heavy atom. The molecule has 2 aromatic rings. The van der Waals surface area contributed by atoms with Crippen LogP contribution in [-0.2, 0) is 9.59 Å². The highest BCUT2D eigenvalue weighted by Crippen LogP contribution is 2.29. The molecule has 0 radical (unpaired) electrons. The molecule has 1 aromatic carbocycles. The molecule has 1 saturated carbocycles. The van der Waals surface area contributed by atoms with E-state index in [2.05, 4.69) is 5.32 Å². The first-order valence-corrected chi connectivity index (χ1v) is 11.2. The number of barbiturate groups is 1. The van der Waals surface area contributed by atoms with E-state index in [9.17, 15) is 24.3 Å². The minimum Gasteiger partial charge on any atom is -0.545 e. The van der Waals surface area contributed by atoms with Gasteiger partial charge in [0.05, 0.1) is 5.97 Å². The van der Waals surface area contributed by atoms with Gasteiger partial charge in [0.2, 0.25) is 0 Å². The molecule has 2 aliphatic rings. The summed E-state index contributed by atoms with van der Waals surface area (Å²) in [5.41, 5.74) is 2.37. The Hall–Kier alpha value is -3.39. The number of carboxylic acid groups (broad SMARTS) is 1. The number of halogens is 1. The van der Waals surface area contributed by atoms with Gasteiger partial charge in [0.15, 0.2) is 0 Å². The third-order valence-corrected chi connectivity index (χ3v) is 6.60. The van der Waals surface area contributed by atoms with Crippen molar-refractivity contribution in [1.29, 1.82) is 0 Å². The van der Waals surface area contributed by atoms with Crippen LogP contribution in [-0.4, -0.2) is 39.3 Å². The van der Waals surface area contributed by atoms with Gasteiger partial charge in [0.1, 0.15) is 5.57 Å². The molecule has 4 amide bonds. The van der Waals surface area contributed by atoms with Crippen molar-refractivity contribution in [1.82, 2.24) is 14.8 Å². The number of aryl methyl sites for hydroxylation is 1. The fourth-order valence-corrected chi connectivity index (χ4v) is 4.83. The largest absolute Gasteiger partial charge is 0.545 e. The van der Waals surface area contributed by atoms with E-state index < -0.39 is 23.8 Å². The van der Waals surface area contributed by atoms with Crippen molar-refractivity contribution in [3.05, 3.63) is 57.4 Å². The number of carbonyl (C=O) groups excluding carboxylic acids is 4. The second-order valence-corrected chi connectivity index (χ2v) is 8.80. The number of nitrogens with one attached hydrogen (secondary N) is 1. The summed E-state index contributed by atoms with van der Waals surface area (Å²) in [7, 11) is 0. The van der Waals surface area contributed by atoms with Crippen molar-refractivity contribution in [2.45, 2.75) is 52.0 Å². The zero-order valence-corrected chi connectivity index (χ0v) is 19.1. The summed E-state index contributed by atoms with van der Waals surface area (Å²) in [6.07, 6.45) is 5.88. The van der Waals surface area contributed by atoms with Gasteiger partial charge in [-0.1, -0.05) is 30.9 Å². The van der Waals surface area contributed by atoms with Crippen molar-refractivity contribution in [2.75, 3.05) is 0 Å². The highest BCUT2D eigenvalue weighted by atomic mass is 35.5. The summed E-state index contributed by atoms with van der Waals surface area (Å²) in [4.78, 5) is 50.7. The Kier molecular flexibility index (Phi) is 6.12. The van der Waals surface area contributed by atoms with Crippen molar-refractivity contribution < 1.29 is 24.3 Å². The molecule has 1 aliphatic carbocycles. The molecule has 8 nitrogen and oxygen atoms in total. The number of benzene rings is 1. The predicted molar refractivity (Wildman–Crippen MR) is 120 cm³/mol. The Morgan fingerprint density at radius 3 is 2.48 bits per heavy atom. The highest BCUT2D eigenvalue weighted by molar-refractivity contribution is 6.33. The average Bonchev–Trinajstić information content (AvgIpc) is 3.05. The molecule has 0 bridgehead atoms. The normalized spacial score (nSPS) is 18.7. The van der Waals surface area contributed by atoms with Gasteiger partial charge >= 0.3 is 6.03 Å². The smallest absolute Gasteiger partial charge is 0.331 e. The monoisotopic (exact) mass is 468 g/mol. The lowest BCUT2D eigenvalue weighted by atomic mass is 9.93. The SMILES string of the molecule is Cc1cc(/C=C2/C(=O)NC(=O)N(C3CCCCC3)C2=O)c(C)n1-c1ccc(Cl)c(C(=O)[O-])c1. The molecule has 1 aromatic heterocycles. The van der Waals surface area contributed by atoms with E-state index in [4.69, 9.17) is 11.6 Å². The van der Waals surface area contributed by atoms with Crippen LogP contribution in [0.3, 0.4) is 0 Å². The number of amides is 4. The second-order valence-electron chi connectivity index (χ2n) is 8.40. The van der Waals surface area contributed by atoms with Crippen LogP contribution >= 0.6 is 11.6 Å². The number of rotatable bonds is 4. The van der Waals surface area contributed by atoms with Crippen LogP contribution in [0.15, 0.2) is 29.8 Å². The number of aromatic nitrogens is 1. The molecule has 172 valence electrons. The van der Waals surface area contributed by atoms with Crippen LogP contribution in [0.1, 0.15) is 59.4 Å². The van der Waals surface area contributed by atoms with Crippen LogP contribution in [0.25, 0.3) is 11.8 Å². The first-order valence-electron chi connectivity index (χ1n) is 10.8. The number of carbonyl (C=O) groups is 4. The maximum atomic E-state index is 13.2. The summed E-state index contributed by atoms with van der Waals surface area (Å²) in [6.45, 7) is 3.62. The summed E-state index contributed by atoms with van der Waals surface area (Å²) >= 11 is 5.96. The summed E-state index contributed by atoms with van der Waals surface area (Å²) in [6, 6.07) is 5.47. The van der Waals surface area contributed by atoms with Crippen LogP contribution in [0.4, 0.5) is 4.79 Å². The molecule has 9 heteroatoms. The van der Waals surface area contributed by atoms with Gasteiger partial charge in [0, 0.05) is 33.7 Å². The molecular weight excluding hydrogens is 446 g/mol. The first-order chi connectivity index (χ1) is 15.7. The van der Waals surface area contributed by atoms with Gasteiger partial charge in [0.25, 0.3) is 11.8 Å². The molecule has 2 fully saturated rings. The number of imide groups is 2. The number of hydrogen-bond acceptors (Lipinski definition) is 5. The van der Waals surface area contributed by atoms with Crippen molar-refractivity contribution in [3.63, 3.8) is 0 Å².